The molecule has 5 heteroatoms. The van der Waals surface area contributed by atoms with E-state index in [2.05, 4.69) is 0 Å². The van der Waals surface area contributed by atoms with Gasteiger partial charge in [-0.15, -0.1) is 0 Å². The molecule has 0 bridgehead atoms. The molecule has 0 spiro atoms. The average Bonchev–Trinajstić information content (AvgIpc) is 2.48. The molecule has 1 aromatic carbocycles. The van der Waals surface area contributed by atoms with Gasteiger partial charge in [0.1, 0.15) is 11.4 Å². The van der Waals surface area contributed by atoms with Crippen LogP contribution in [0.15, 0.2) is 24.3 Å². The molecule has 2 unspecified atom stereocenters. The van der Waals surface area contributed by atoms with Crippen LogP contribution in [-0.4, -0.2) is 46.3 Å². The Morgan fingerprint density at radius 3 is 2.71 bits per heavy atom. The summed E-state index contributed by atoms with van der Waals surface area (Å²) in [5, 5.41) is 19.3. The lowest BCUT2D eigenvalue weighted by molar-refractivity contribution is -0.141. The molecular weight excluding hydrogens is 273 g/mol. The number of aliphatic hydroxyl groups excluding tert-OH is 1. The molecule has 1 saturated heterocycles. The first kappa shape index (κ1) is 15.9. The Labute approximate surface area is 124 Å². The molecule has 2 rings (SSSR count). The Balaban J connectivity index is 1.96. The van der Waals surface area contributed by atoms with Gasteiger partial charge in [0.15, 0.2) is 0 Å². The van der Waals surface area contributed by atoms with Crippen LogP contribution >= 0.6 is 0 Å². The summed E-state index contributed by atoms with van der Waals surface area (Å²) in [6.45, 7) is 2.38. The monoisotopic (exact) mass is 295 g/mol. The average molecular weight is 295 g/mol. The number of hydrogen-bond donors (Lipinski definition) is 2. The van der Waals surface area contributed by atoms with Crippen LogP contribution in [0.2, 0.25) is 0 Å². The molecule has 1 amide bonds. The number of hydrogen-bond acceptors (Lipinski definition) is 3. The van der Waals surface area contributed by atoms with Crippen LogP contribution in [0.25, 0.3) is 0 Å². The molecule has 0 saturated carbocycles. The Kier molecular flexibility index (Phi) is 4.96. The molecule has 1 aliphatic rings. The summed E-state index contributed by atoms with van der Waals surface area (Å²) in [5.41, 5.74) is -0.258. The van der Waals surface area contributed by atoms with Crippen molar-refractivity contribution in [2.75, 3.05) is 19.7 Å². The molecule has 0 aliphatic carbocycles. The van der Waals surface area contributed by atoms with Gasteiger partial charge in [0.2, 0.25) is 5.91 Å². The number of rotatable bonds is 4. The van der Waals surface area contributed by atoms with Crippen molar-refractivity contribution in [3.63, 3.8) is 0 Å². The van der Waals surface area contributed by atoms with Crippen molar-refractivity contribution in [2.24, 2.45) is 0 Å². The lowest BCUT2D eigenvalue weighted by Crippen LogP contribution is -2.52. The molecule has 2 N–H and O–H groups in total. The third-order valence-corrected chi connectivity index (χ3v) is 4.12. The highest BCUT2D eigenvalue weighted by atomic mass is 19.1. The summed E-state index contributed by atoms with van der Waals surface area (Å²) in [4.78, 5) is 13.9. The van der Waals surface area contributed by atoms with E-state index in [1.807, 2.05) is 6.92 Å². The third kappa shape index (κ3) is 4.02. The van der Waals surface area contributed by atoms with Gasteiger partial charge in [-0.1, -0.05) is 19.1 Å². The highest BCUT2D eigenvalue weighted by Gasteiger charge is 2.34. The minimum absolute atomic E-state index is 0.0118. The molecule has 1 aromatic rings. The van der Waals surface area contributed by atoms with E-state index < -0.39 is 5.60 Å². The number of nitrogens with zero attached hydrogens (tertiary/aromatic N) is 1. The van der Waals surface area contributed by atoms with E-state index in [4.69, 9.17) is 0 Å². The van der Waals surface area contributed by atoms with Crippen LogP contribution in [0, 0.1) is 5.82 Å². The first-order valence-electron chi connectivity index (χ1n) is 7.30. The fourth-order valence-electron chi connectivity index (χ4n) is 2.75. The molecular formula is C16H22FNO3. The molecule has 1 fully saturated rings. The highest BCUT2D eigenvalue weighted by Crippen LogP contribution is 2.24. The minimum Gasteiger partial charge on any atom is -0.393 e. The molecule has 116 valence electrons. The van der Waals surface area contributed by atoms with Crippen LogP contribution in [0.3, 0.4) is 0 Å². The maximum atomic E-state index is 12.9. The zero-order valence-electron chi connectivity index (χ0n) is 12.3. The maximum absolute atomic E-state index is 12.9. The number of halogens is 1. The van der Waals surface area contributed by atoms with Crippen LogP contribution in [0.4, 0.5) is 4.39 Å². The molecule has 2 atom stereocenters. The van der Waals surface area contributed by atoms with Crippen molar-refractivity contribution in [2.45, 2.75) is 37.7 Å². The van der Waals surface area contributed by atoms with Gasteiger partial charge >= 0.3 is 0 Å². The Morgan fingerprint density at radius 1 is 1.43 bits per heavy atom. The summed E-state index contributed by atoms with van der Waals surface area (Å²) < 4.78 is 12.9. The summed E-state index contributed by atoms with van der Waals surface area (Å²) in [5.74, 6) is -0.345. The largest absolute Gasteiger partial charge is 0.393 e. The van der Waals surface area contributed by atoms with E-state index in [-0.39, 0.29) is 30.8 Å². The van der Waals surface area contributed by atoms with Gasteiger partial charge in [0.05, 0.1) is 13.2 Å². The predicted octanol–water partition coefficient (Wildman–Crippen LogP) is 1.67. The number of likely N-dealkylation sites (tertiary alicyclic amines) is 1. The molecule has 21 heavy (non-hydrogen) atoms. The van der Waals surface area contributed by atoms with Crippen LogP contribution < -0.4 is 0 Å². The Bertz CT molecular complexity index is 491. The number of benzene rings is 1. The lowest BCUT2D eigenvalue weighted by Gasteiger charge is -2.38. The topological polar surface area (TPSA) is 60.8 Å². The van der Waals surface area contributed by atoms with Crippen LogP contribution in [-0.2, 0) is 4.79 Å². The maximum Gasteiger partial charge on any atom is 0.223 e. The van der Waals surface area contributed by atoms with E-state index in [9.17, 15) is 19.4 Å². The van der Waals surface area contributed by atoms with Crippen molar-refractivity contribution < 1.29 is 19.4 Å². The molecule has 4 nitrogen and oxygen atoms in total. The Hall–Kier alpha value is -1.46. The number of β-amino-alcohol motifs (C(OH)–C–C–N with tert-alkyl or cyclic N) is 1. The van der Waals surface area contributed by atoms with Gasteiger partial charge < -0.3 is 15.1 Å². The van der Waals surface area contributed by atoms with Gasteiger partial charge in [-0.2, -0.15) is 0 Å². The lowest BCUT2D eigenvalue weighted by atomic mass is 9.92. The van der Waals surface area contributed by atoms with E-state index >= 15 is 0 Å². The molecule has 0 radical (unpaired) electrons. The second-order valence-electron chi connectivity index (χ2n) is 5.96. The van der Waals surface area contributed by atoms with Crippen LogP contribution in [0.1, 0.15) is 37.7 Å². The standard InChI is InChI=1S/C16H22FNO3/c1-12(13-3-5-14(17)6-4-13)9-15(20)18-8-2-7-16(21,10-18)11-19/h3-6,12,19,21H,2,7-11H2,1H3. The SMILES string of the molecule is CC(CC(=O)N1CCCC(O)(CO)C1)c1ccc(F)cc1. The predicted molar refractivity (Wildman–Crippen MR) is 77.3 cm³/mol. The number of amides is 1. The first-order chi connectivity index (χ1) is 9.93. The van der Waals surface area contributed by atoms with Crippen molar-refractivity contribution in [3.8, 4) is 0 Å². The number of aliphatic hydroxyl groups is 2. The van der Waals surface area contributed by atoms with Gasteiger partial charge in [0, 0.05) is 13.0 Å². The quantitative estimate of drug-likeness (QED) is 0.888. The molecule has 0 aromatic heterocycles. The van der Waals surface area contributed by atoms with Gasteiger partial charge in [0.25, 0.3) is 0 Å². The fourth-order valence-corrected chi connectivity index (χ4v) is 2.75. The Morgan fingerprint density at radius 2 is 2.10 bits per heavy atom. The second-order valence-corrected chi connectivity index (χ2v) is 5.96. The van der Waals surface area contributed by atoms with Gasteiger partial charge in [-0.05, 0) is 36.5 Å². The van der Waals surface area contributed by atoms with Crippen LogP contribution in [0.5, 0.6) is 0 Å². The van der Waals surface area contributed by atoms with Gasteiger partial charge in [-0.3, -0.25) is 4.79 Å². The van der Waals surface area contributed by atoms with E-state index in [0.29, 0.717) is 25.8 Å². The smallest absolute Gasteiger partial charge is 0.223 e. The normalized spacial score (nSPS) is 23.9. The number of carbonyl (C=O) groups excluding carboxylic acids is 1. The zero-order valence-corrected chi connectivity index (χ0v) is 12.3. The molecule has 1 heterocycles. The van der Waals surface area contributed by atoms with E-state index in [1.54, 1.807) is 17.0 Å². The molecule has 1 aliphatic heterocycles. The summed E-state index contributed by atoms with van der Waals surface area (Å²) in [6.07, 6.45) is 1.52. The van der Waals surface area contributed by atoms with Crippen molar-refractivity contribution in [3.05, 3.63) is 35.6 Å². The summed E-state index contributed by atoms with van der Waals surface area (Å²) in [7, 11) is 0. The minimum atomic E-state index is -1.17. The number of piperidine rings is 1. The highest BCUT2D eigenvalue weighted by molar-refractivity contribution is 5.77. The summed E-state index contributed by atoms with van der Waals surface area (Å²) >= 11 is 0. The fraction of sp³-hybridized carbons (Fsp3) is 0.562. The van der Waals surface area contributed by atoms with Crippen molar-refractivity contribution in [1.82, 2.24) is 4.90 Å². The third-order valence-electron chi connectivity index (χ3n) is 4.12. The van der Waals surface area contributed by atoms with Crippen molar-refractivity contribution in [1.29, 1.82) is 0 Å². The summed E-state index contributed by atoms with van der Waals surface area (Å²) in [6, 6.07) is 6.16. The first-order valence-corrected chi connectivity index (χ1v) is 7.30. The second kappa shape index (κ2) is 6.54. The zero-order chi connectivity index (χ0) is 15.5. The number of carbonyl (C=O) groups is 1. The van der Waals surface area contributed by atoms with Crippen molar-refractivity contribution >= 4 is 5.91 Å². The van der Waals surface area contributed by atoms with E-state index in [0.717, 1.165) is 5.56 Å². The van der Waals surface area contributed by atoms with E-state index in [1.165, 1.54) is 12.1 Å². The van der Waals surface area contributed by atoms with Gasteiger partial charge in [-0.25, -0.2) is 4.39 Å².